The van der Waals surface area contributed by atoms with Crippen molar-refractivity contribution in [2.75, 3.05) is 13.7 Å². The molecular formula is C20H19N5O2. The Morgan fingerprint density at radius 2 is 2.07 bits per heavy atom. The number of hydrogen-bond donors (Lipinski definition) is 0. The van der Waals surface area contributed by atoms with Crippen molar-refractivity contribution in [3.63, 3.8) is 0 Å². The number of benzene rings is 1. The van der Waals surface area contributed by atoms with Gasteiger partial charge in [-0.05, 0) is 29.7 Å². The van der Waals surface area contributed by atoms with E-state index in [9.17, 15) is 4.79 Å². The molecule has 0 atom stereocenters. The van der Waals surface area contributed by atoms with Gasteiger partial charge in [0.25, 0.3) is 0 Å². The number of ether oxygens (including phenoxy) is 1. The molecule has 0 amide bonds. The number of methoxy groups -OCH3 is 1. The SMILES string of the molecule is COC(=O)c1cccc(CN2CCc3cnc(-c4cncnc4)nc3C2)c1. The molecule has 0 aliphatic carbocycles. The van der Waals surface area contributed by atoms with Crippen LogP contribution in [0.5, 0.6) is 0 Å². The Morgan fingerprint density at radius 1 is 1.22 bits per heavy atom. The molecule has 136 valence electrons. The molecule has 0 spiro atoms. The van der Waals surface area contributed by atoms with Crippen molar-refractivity contribution in [1.29, 1.82) is 0 Å². The van der Waals surface area contributed by atoms with Crippen LogP contribution in [0.3, 0.4) is 0 Å². The smallest absolute Gasteiger partial charge is 0.337 e. The van der Waals surface area contributed by atoms with E-state index in [1.54, 1.807) is 18.5 Å². The van der Waals surface area contributed by atoms with Crippen molar-refractivity contribution in [2.45, 2.75) is 19.5 Å². The van der Waals surface area contributed by atoms with E-state index in [2.05, 4.69) is 19.9 Å². The molecule has 0 N–H and O–H groups in total. The van der Waals surface area contributed by atoms with E-state index >= 15 is 0 Å². The zero-order chi connectivity index (χ0) is 18.6. The summed E-state index contributed by atoms with van der Waals surface area (Å²) in [5.41, 5.74) is 4.66. The number of carbonyl (C=O) groups is 1. The van der Waals surface area contributed by atoms with E-state index < -0.39 is 0 Å². The lowest BCUT2D eigenvalue weighted by Crippen LogP contribution is -2.31. The molecule has 3 aromatic rings. The van der Waals surface area contributed by atoms with Crippen molar-refractivity contribution < 1.29 is 9.53 Å². The molecule has 0 saturated carbocycles. The molecule has 27 heavy (non-hydrogen) atoms. The molecule has 0 radical (unpaired) electrons. The first kappa shape index (κ1) is 17.2. The molecule has 0 saturated heterocycles. The van der Waals surface area contributed by atoms with E-state index in [0.717, 1.165) is 42.9 Å². The summed E-state index contributed by atoms with van der Waals surface area (Å²) in [7, 11) is 1.39. The van der Waals surface area contributed by atoms with E-state index in [4.69, 9.17) is 9.72 Å². The highest BCUT2D eigenvalue weighted by Crippen LogP contribution is 2.21. The molecule has 7 nitrogen and oxygen atoms in total. The Bertz CT molecular complexity index is 962. The number of carbonyl (C=O) groups excluding carboxylic acids is 1. The maximum absolute atomic E-state index is 11.7. The summed E-state index contributed by atoms with van der Waals surface area (Å²) in [6.45, 7) is 2.41. The van der Waals surface area contributed by atoms with E-state index in [1.165, 1.54) is 19.0 Å². The molecule has 1 aliphatic rings. The van der Waals surface area contributed by atoms with Crippen LogP contribution < -0.4 is 0 Å². The van der Waals surface area contributed by atoms with Crippen LogP contribution in [0.1, 0.15) is 27.2 Å². The minimum absolute atomic E-state index is 0.316. The molecule has 2 aromatic heterocycles. The van der Waals surface area contributed by atoms with E-state index in [-0.39, 0.29) is 5.97 Å². The lowest BCUT2D eigenvalue weighted by atomic mass is 10.0. The molecule has 3 heterocycles. The van der Waals surface area contributed by atoms with Crippen molar-refractivity contribution in [2.24, 2.45) is 0 Å². The third-order valence-corrected chi connectivity index (χ3v) is 4.60. The van der Waals surface area contributed by atoms with Gasteiger partial charge in [-0.1, -0.05) is 12.1 Å². The summed E-state index contributed by atoms with van der Waals surface area (Å²) in [5.74, 6) is 0.326. The summed E-state index contributed by atoms with van der Waals surface area (Å²) in [4.78, 5) is 31.3. The second-order valence-electron chi connectivity index (χ2n) is 6.45. The van der Waals surface area contributed by atoms with Gasteiger partial charge >= 0.3 is 5.97 Å². The maximum atomic E-state index is 11.7. The second-order valence-corrected chi connectivity index (χ2v) is 6.45. The molecular weight excluding hydrogens is 342 g/mol. The van der Waals surface area contributed by atoms with Gasteiger partial charge in [0, 0.05) is 38.2 Å². The summed E-state index contributed by atoms with van der Waals surface area (Å²) in [6.07, 6.45) is 7.73. The molecule has 0 bridgehead atoms. The average molecular weight is 361 g/mol. The zero-order valence-corrected chi connectivity index (χ0v) is 15.0. The van der Waals surface area contributed by atoms with Gasteiger partial charge in [-0.15, -0.1) is 0 Å². The average Bonchev–Trinajstić information content (AvgIpc) is 2.73. The predicted octanol–water partition coefficient (Wildman–Crippen LogP) is 2.28. The van der Waals surface area contributed by atoms with Gasteiger partial charge < -0.3 is 4.74 Å². The molecule has 4 rings (SSSR count). The van der Waals surface area contributed by atoms with Gasteiger partial charge in [0.15, 0.2) is 5.82 Å². The minimum atomic E-state index is -0.316. The zero-order valence-electron chi connectivity index (χ0n) is 15.0. The summed E-state index contributed by atoms with van der Waals surface area (Å²) in [6, 6.07) is 7.56. The lowest BCUT2D eigenvalue weighted by molar-refractivity contribution is 0.0600. The Labute approximate surface area is 157 Å². The van der Waals surface area contributed by atoms with Crippen LogP contribution >= 0.6 is 0 Å². The number of esters is 1. The minimum Gasteiger partial charge on any atom is -0.465 e. The van der Waals surface area contributed by atoms with Gasteiger partial charge in [-0.3, -0.25) is 4.90 Å². The monoisotopic (exact) mass is 361 g/mol. The van der Waals surface area contributed by atoms with Crippen LogP contribution in [0.15, 0.2) is 49.2 Å². The first-order valence-electron chi connectivity index (χ1n) is 8.73. The van der Waals surface area contributed by atoms with Crippen molar-refractivity contribution in [1.82, 2.24) is 24.8 Å². The van der Waals surface area contributed by atoms with Crippen LogP contribution in [0, 0.1) is 0 Å². The third kappa shape index (κ3) is 3.83. The van der Waals surface area contributed by atoms with Gasteiger partial charge in [0.2, 0.25) is 0 Å². The largest absolute Gasteiger partial charge is 0.465 e. The fraction of sp³-hybridized carbons (Fsp3) is 0.250. The first-order chi connectivity index (χ1) is 13.2. The van der Waals surface area contributed by atoms with E-state index in [1.807, 2.05) is 24.4 Å². The number of nitrogens with zero attached hydrogens (tertiary/aromatic N) is 5. The Hall–Kier alpha value is -3.19. The lowest BCUT2D eigenvalue weighted by Gasteiger charge is -2.28. The first-order valence-corrected chi connectivity index (χ1v) is 8.73. The van der Waals surface area contributed by atoms with Crippen molar-refractivity contribution in [3.8, 4) is 11.4 Å². The van der Waals surface area contributed by atoms with Crippen LogP contribution in [0.2, 0.25) is 0 Å². The van der Waals surface area contributed by atoms with Gasteiger partial charge in [-0.25, -0.2) is 24.7 Å². The summed E-state index contributed by atoms with van der Waals surface area (Å²) < 4.78 is 4.80. The highest BCUT2D eigenvalue weighted by Gasteiger charge is 2.19. The molecule has 0 unspecified atom stereocenters. The Morgan fingerprint density at radius 3 is 2.89 bits per heavy atom. The van der Waals surface area contributed by atoms with E-state index in [0.29, 0.717) is 11.4 Å². The topological polar surface area (TPSA) is 81.1 Å². The van der Waals surface area contributed by atoms with Crippen LogP contribution in [-0.2, 0) is 24.2 Å². The number of aromatic nitrogens is 4. The Balaban J connectivity index is 1.52. The highest BCUT2D eigenvalue weighted by molar-refractivity contribution is 5.89. The third-order valence-electron chi connectivity index (χ3n) is 4.60. The summed E-state index contributed by atoms with van der Waals surface area (Å²) >= 11 is 0. The molecule has 1 aromatic carbocycles. The van der Waals surface area contributed by atoms with Gasteiger partial charge in [0.1, 0.15) is 6.33 Å². The fourth-order valence-corrected chi connectivity index (χ4v) is 3.22. The van der Waals surface area contributed by atoms with Crippen LogP contribution in [-0.4, -0.2) is 44.5 Å². The number of rotatable bonds is 4. The predicted molar refractivity (Wildman–Crippen MR) is 98.7 cm³/mol. The second kappa shape index (κ2) is 7.59. The Kier molecular flexibility index (Phi) is 4.84. The molecule has 7 heteroatoms. The van der Waals surface area contributed by atoms with Crippen molar-refractivity contribution in [3.05, 3.63) is 71.6 Å². The number of fused-ring (bicyclic) bond motifs is 1. The van der Waals surface area contributed by atoms with Crippen LogP contribution in [0.25, 0.3) is 11.4 Å². The maximum Gasteiger partial charge on any atom is 0.337 e. The van der Waals surface area contributed by atoms with Crippen LogP contribution in [0.4, 0.5) is 0 Å². The quantitative estimate of drug-likeness (QED) is 0.659. The molecule has 0 fully saturated rings. The standard InChI is InChI=1S/C20H19N5O2/c1-27-20(26)15-4-2-3-14(7-15)11-25-6-5-16-10-23-19(24-18(16)12-25)17-8-21-13-22-9-17/h2-4,7-10,13H,5-6,11-12H2,1H3. The number of hydrogen-bond acceptors (Lipinski definition) is 7. The van der Waals surface area contributed by atoms with Gasteiger partial charge in [-0.2, -0.15) is 0 Å². The molecule has 1 aliphatic heterocycles. The van der Waals surface area contributed by atoms with Gasteiger partial charge in [0.05, 0.1) is 23.9 Å². The summed E-state index contributed by atoms with van der Waals surface area (Å²) in [5, 5.41) is 0. The van der Waals surface area contributed by atoms with Crippen molar-refractivity contribution >= 4 is 5.97 Å². The highest BCUT2D eigenvalue weighted by atomic mass is 16.5. The fourth-order valence-electron chi connectivity index (χ4n) is 3.22. The normalized spacial score (nSPS) is 13.8.